The molecule has 0 bridgehead atoms. The van der Waals surface area contributed by atoms with Gasteiger partial charge in [-0.25, -0.2) is 0 Å². The lowest BCUT2D eigenvalue weighted by Crippen LogP contribution is -2.46. The first kappa shape index (κ1) is 19.0. The van der Waals surface area contributed by atoms with Crippen molar-refractivity contribution >= 4 is 28.3 Å². The fraction of sp³-hybridized carbons (Fsp3) is 0.412. The molecule has 1 atom stereocenters. The Balaban J connectivity index is 1.94. The molecule has 0 radical (unpaired) electrons. The summed E-state index contributed by atoms with van der Waals surface area (Å²) in [4.78, 5) is 23.7. The Hall–Kier alpha value is -2.32. The number of rotatable bonds is 6. The van der Waals surface area contributed by atoms with Gasteiger partial charge in [0, 0.05) is 5.56 Å². The number of aryl methyl sites for hydroxylation is 2. The van der Waals surface area contributed by atoms with Crippen molar-refractivity contribution in [3.8, 4) is 10.6 Å². The van der Waals surface area contributed by atoms with Gasteiger partial charge < -0.3 is 11.1 Å². The second kappa shape index (κ2) is 8.17. The van der Waals surface area contributed by atoms with E-state index < -0.39 is 6.04 Å². The van der Waals surface area contributed by atoms with Crippen molar-refractivity contribution in [1.29, 1.82) is 0 Å². The first-order valence-electron chi connectivity index (χ1n) is 8.01. The van der Waals surface area contributed by atoms with Crippen molar-refractivity contribution in [3.05, 3.63) is 29.3 Å². The van der Waals surface area contributed by atoms with Crippen LogP contribution in [0.3, 0.4) is 0 Å². The Morgan fingerprint density at radius 3 is 2.40 bits per heavy atom. The monoisotopic (exact) mass is 361 g/mol. The van der Waals surface area contributed by atoms with Gasteiger partial charge in [-0.15, -0.1) is 10.2 Å². The van der Waals surface area contributed by atoms with Gasteiger partial charge in [0.15, 0.2) is 0 Å². The van der Waals surface area contributed by atoms with E-state index >= 15 is 0 Å². The molecule has 8 heteroatoms. The molecular weight excluding hydrogens is 338 g/mol. The molecule has 0 aliphatic heterocycles. The number of nitrogens with zero attached hydrogens (tertiary/aromatic N) is 2. The summed E-state index contributed by atoms with van der Waals surface area (Å²) in [5.74, 6) is -0.711. The van der Waals surface area contributed by atoms with E-state index in [0.717, 1.165) is 21.7 Å². The molecule has 0 unspecified atom stereocenters. The predicted molar refractivity (Wildman–Crippen MR) is 99.3 cm³/mol. The van der Waals surface area contributed by atoms with Crippen LogP contribution in [0.15, 0.2) is 18.2 Å². The topological polar surface area (TPSA) is 110 Å². The van der Waals surface area contributed by atoms with Gasteiger partial charge in [-0.2, -0.15) is 0 Å². The molecule has 134 valence electrons. The van der Waals surface area contributed by atoms with Crippen LogP contribution in [0, 0.1) is 19.8 Å². The smallest absolute Gasteiger partial charge is 0.245 e. The summed E-state index contributed by atoms with van der Waals surface area (Å²) in [6.45, 7) is 7.58. The van der Waals surface area contributed by atoms with Crippen molar-refractivity contribution in [2.24, 2.45) is 11.7 Å². The average Bonchev–Trinajstić information content (AvgIpc) is 2.99. The minimum atomic E-state index is -0.634. The summed E-state index contributed by atoms with van der Waals surface area (Å²) in [5, 5.41) is 14.4. The minimum Gasteiger partial charge on any atom is -0.346 e. The lowest BCUT2D eigenvalue weighted by atomic mass is 10.1. The number of amides is 2. The predicted octanol–water partition coefficient (Wildman–Crippen LogP) is 1.86. The van der Waals surface area contributed by atoms with Crippen molar-refractivity contribution in [1.82, 2.24) is 15.5 Å². The summed E-state index contributed by atoms with van der Waals surface area (Å²) in [7, 11) is 0. The van der Waals surface area contributed by atoms with Crippen LogP contribution in [0.5, 0.6) is 0 Å². The summed E-state index contributed by atoms with van der Waals surface area (Å²) in [6, 6.07) is 5.49. The highest BCUT2D eigenvalue weighted by molar-refractivity contribution is 7.18. The van der Waals surface area contributed by atoms with Crippen molar-refractivity contribution in [2.75, 3.05) is 11.9 Å². The van der Waals surface area contributed by atoms with Crippen molar-refractivity contribution < 1.29 is 9.59 Å². The van der Waals surface area contributed by atoms with Crippen LogP contribution in [0.2, 0.25) is 0 Å². The zero-order chi connectivity index (χ0) is 18.6. The van der Waals surface area contributed by atoms with Crippen LogP contribution < -0.4 is 16.4 Å². The van der Waals surface area contributed by atoms with Crippen molar-refractivity contribution in [3.63, 3.8) is 0 Å². The van der Waals surface area contributed by atoms with E-state index in [4.69, 9.17) is 5.73 Å². The fourth-order valence-corrected chi connectivity index (χ4v) is 2.99. The number of nitrogens with two attached hydrogens (primary N) is 1. The fourth-order valence-electron chi connectivity index (χ4n) is 2.24. The van der Waals surface area contributed by atoms with E-state index in [2.05, 4.69) is 26.9 Å². The number of carbonyl (C=O) groups is 2. The molecule has 0 saturated carbocycles. The average molecular weight is 361 g/mol. The number of carbonyl (C=O) groups excluding carboxylic acids is 2. The first-order chi connectivity index (χ1) is 11.8. The van der Waals surface area contributed by atoms with Gasteiger partial charge in [-0.3, -0.25) is 14.9 Å². The normalized spacial score (nSPS) is 12.1. The molecule has 0 fully saturated rings. The maximum atomic E-state index is 11.9. The minimum absolute atomic E-state index is 0.00608. The maximum Gasteiger partial charge on any atom is 0.245 e. The number of anilines is 1. The quantitative estimate of drug-likeness (QED) is 0.727. The number of hydrogen-bond acceptors (Lipinski definition) is 6. The van der Waals surface area contributed by atoms with Gasteiger partial charge in [0.25, 0.3) is 0 Å². The molecule has 25 heavy (non-hydrogen) atoms. The zero-order valence-electron chi connectivity index (χ0n) is 14.8. The third kappa shape index (κ3) is 5.33. The molecule has 1 aromatic carbocycles. The lowest BCUT2D eigenvalue weighted by molar-refractivity contribution is -0.125. The van der Waals surface area contributed by atoms with Crippen LogP contribution in [-0.4, -0.2) is 34.6 Å². The number of hydrogen-bond donors (Lipinski definition) is 3. The van der Waals surface area contributed by atoms with Gasteiger partial charge in [0.2, 0.25) is 16.9 Å². The molecule has 1 heterocycles. The maximum absolute atomic E-state index is 11.9. The van der Waals surface area contributed by atoms with E-state index in [-0.39, 0.29) is 24.3 Å². The van der Waals surface area contributed by atoms with Crippen LogP contribution in [0.25, 0.3) is 10.6 Å². The molecule has 0 aliphatic carbocycles. The van der Waals surface area contributed by atoms with Crippen LogP contribution in [-0.2, 0) is 9.59 Å². The highest BCUT2D eigenvalue weighted by Gasteiger charge is 2.18. The number of aromatic nitrogens is 2. The highest BCUT2D eigenvalue weighted by atomic mass is 32.1. The molecule has 0 spiro atoms. The van der Waals surface area contributed by atoms with E-state index in [0.29, 0.717) is 5.13 Å². The van der Waals surface area contributed by atoms with E-state index in [1.54, 1.807) is 0 Å². The summed E-state index contributed by atoms with van der Waals surface area (Å²) in [5.41, 5.74) is 8.97. The third-order valence-electron chi connectivity index (χ3n) is 3.58. The Morgan fingerprint density at radius 2 is 1.80 bits per heavy atom. The van der Waals surface area contributed by atoms with Gasteiger partial charge >= 0.3 is 0 Å². The van der Waals surface area contributed by atoms with Crippen LogP contribution in [0.4, 0.5) is 5.13 Å². The van der Waals surface area contributed by atoms with Crippen molar-refractivity contribution in [2.45, 2.75) is 33.7 Å². The van der Waals surface area contributed by atoms with Crippen LogP contribution >= 0.6 is 11.3 Å². The second-order valence-electron chi connectivity index (χ2n) is 6.32. The first-order valence-corrected chi connectivity index (χ1v) is 8.83. The molecule has 1 aromatic heterocycles. The van der Waals surface area contributed by atoms with Gasteiger partial charge in [0.05, 0.1) is 12.6 Å². The Labute approximate surface area is 151 Å². The largest absolute Gasteiger partial charge is 0.346 e. The molecule has 2 amide bonds. The molecule has 7 nitrogen and oxygen atoms in total. The zero-order valence-corrected chi connectivity index (χ0v) is 15.6. The Kier molecular flexibility index (Phi) is 6.22. The van der Waals surface area contributed by atoms with E-state index in [1.807, 2.05) is 39.8 Å². The molecular formula is C17H23N5O2S. The molecule has 2 aromatic rings. The molecule has 0 saturated heterocycles. The standard InChI is InChI=1S/C17H23N5O2S/c1-9(2)14(18)15(24)19-8-13(23)20-17-22-21-16(25-17)12-6-10(3)5-11(4)7-12/h5-7,9,14H,8,18H2,1-4H3,(H,19,24)(H,20,22,23)/t14-/m0/s1. The molecule has 2 rings (SSSR count). The SMILES string of the molecule is Cc1cc(C)cc(-c2nnc(NC(=O)CNC(=O)[C@@H](N)C(C)C)s2)c1. The number of nitrogens with one attached hydrogen (secondary N) is 2. The van der Waals surface area contributed by atoms with Gasteiger partial charge in [0.1, 0.15) is 5.01 Å². The lowest BCUT2D eigenvalue weighted by Gasteiger charge is -2.14. The van der Waals surface area contributed by atoms with Crippen LogP contribution in [0.1, 0.15) is 25.0 Å². The van der Waals surface area contributed by atoms with Gasteiger partial charge in [-0.1, -0.05) is 42.4 Å². The number of benzene rings is 1. The summed E-state index contributed by atoms with van der Waals surface area (Å²) >= 11 is 1.29. The highest BCUT2D eigenvalue weighted by Crippen LogP contribution is 2.27. The Morgan fingerprint density at radius 1 is 1.16 bits per heavy atom. The van der Waals surface area contributed by atoms with E-state index in [1.165, 1.54) is 11.3 Å². The molecule has 0 aliphatic rings. The summed E-state index contributed by atoms with van der Waals surface area (Å²) < 4.78 is 0. The second-order valence-corrected chi connectivity index (χ2v) is 7.30. The Bertz CT molecular complexity index is 752. The third-order valence-corrected chi connectivity index (χ3v) is 4.47. The van der Waals surface area contributed by atoms with E-state index in [9.17, 15) is 9.59 Å². The molecule has 4 N–H and O–H groups in total. The van der Waals surface area contributed by atoms with Gasteiger partial charge in [-0.05, 0) is 31.9 Å². The summed E-state index contributed by atoms with van der Waals surface area (Å²) in [6.07, 6.45) is 0.